The van der Waals surface area contributed by atoms with Crippen LogP contribution in [-0.4, -0.2) is 64.9 Å². The lowest BCUT2D eigenvalue weighted by Crippen LogP contribution is -2.13. The van der Waals surface area contributed by atoms with Gasteiger partial charge < -0.3 is 37.9 Å². The van der Waals surface area contributed by atoms with Gasteiger partial charge in [0.05, 0.1) is 37.4 Å². The molecule has 0 saturated heterocycles. The third-order valence-electron chi connectivity index (χ3n) is 7.25. The van der Waals surface area contributed by atoms with Crippen molar-refractivity contribution in [3.8, 4) is 45.6 Å². The normalized spacial score (nSPS) is 20.9. The number of benzene rings is 2. The van der Waals surface area contributed by atoms with E-state index in [0.717, 1.165) is 0 Å². The lowest BCUT2D eigenvalue weighted by Gasteiger charge is -2.21. The van der Waals surface area contributed by atoms with Gasteiger partial charge >= 0.3 is 0 Å². The van der Waals surface area contributed by atoms with Crippen LogP contribution >= 0.6 is 0 Å². The molecular formula is C28H32N2O8. The molecule has 4 heterocycles. The maximum absolute atomic E-state index is 6.15. The first-order valence-corrected chi connectivity index (χ1v) is 12.8. The molecular weight excluding hydrogens is 492 g/mol. The molecule has 4 aliphatic heterocycles. The van der Waals surface area contributed by atoms with Gasteiger partial charge in [0.2, 0.25) is 36.9 Å². The van der Waals surface area contributed by atoms with Gasteiger partial charge in [-0.05, 0) is 24.0 Å². The highest BCUT2D eigenvalue weighted by Gasteiger charge is 2.38. The summed E-state index contributed by atoms with van der Waals surface area (Å²) in [4.78, 5) is 9.84. The lowest BCUT2D eigenvalue weighted by molar-refractivity contribution is 0.171. The number of ether oxygens (including phenoxy) is 8. The predicted molar refractivity (Wildman–Crippen MR) is 139 cm³/mol. The van der Waals surface area contributed by atoms with E-state index >= 15 is 0 Å². The van der Waals surface area contributed by atoms with E-state index in [4.69, 9.17) is 47.9 Å². The van der Waals surface area contributed by atoms with E-state index in [1.54, 1.807) is 14.2 Å². The van der Waals surface area contributed by atoms with Crippen LogP contribution in [-0.2, 0) is 9.47 Å². The standard InChI is InChI=1S/C28H32N2O8/c1-13(2)17-9-33-27(29-17)15-7-19-23(37-11-35-19)25(31-5)21(15)22-16(28-30-18(10-34-28)14(3)4)8-20-24(26(22)32-6)38-12-36-20/h7-8,13-14,17-18H,9-12H2,1-6H3/t17-,18-/m1/s1. The molecule has 0 saturated carbocycles. The van der Waals surface area contributed by atoms with Crippen LogP contribution in [0.3, 0.4) is 0 Å². The second-order valence-corrected chi connectivity index (χ2v) is 10.2. The Labute approximate surface area is 221 Å². The van der Waals surface area contributed by atoms with E-state index in [2.05, 4.69) is 27.7 Å². The van der Waals surface area contributed by atoms with Gasteiger partial charge in [0.1, 0.15) is 13.2 Å². The Kier molecular flexibility index (Phi) is 6.12. The van der Waals surface area contributed by atoms with Crippen molar-refractivity contribution in [3.05, 3.63) is 23.3 Å². The summed E-state index contributed by atoms with van der Waals surface area (Å²) >= 11 is 0. The third kappa shape index (κ3) is 3.85. The molecule has 10 heteroatoms. The van der Waals surface area contributed by atoms with Crippen molar-refractivity contribution in [2.75, 3.05) is 41.0 Å². The molecule has 0 aliphatic carbocycles. The minimum Gasteiger partial charge on any atom is -0.492 e. The van der Waals surface area contributed by atoms with E-state index in [-0.39, 0.29) is 25.7 Å². The van der Waals surface area contributed by atoms with Crippen molar-refractivity contribution in [1.82, 2.24) is 0 Å². The second kappa shape index (κ2) is 9.49. The molecule has 0 unspecified atom stereocenters. The van der Waals surface area contributed by atoms with Crippen LogP contribution < -0.4 is 28.4 Å². The van der Waals surface area contributed by atoms with Crippen LogP contribution in [0.15, 0.2) is 22.1 Å². The van der Waals surface area contributed by atoms with Gasteiger partial charge in [-0.25, -0.2) is 9.98 Å². The first-order valence-electron chi connectivity index (χ1n) is 12.8. The molecule has 2 aromatic rings. The van der Waals surface area contributed by atoms with E-state index in [9.17, 15) is 0 Å². The summed E-state index contributed by atoms with van der Waals surface area (Å²) in [6, 6.07) is 3.82. The van der Waals surface area contributed by atoms with Gasteiger partial charge in [0, 0.05) is 11.1 Å². The number of rotatable bonds is 7. The Bertz CT molecular complexity index is 1230. The number of aliphatic imine (C=N–C) groups is 2. The summed E-state index contributed by atoms with van der Waals surface area (Å²) in [7, 11) is 3.19. The first-order chi connectivity index (χ1) is 18.4. The summed E-state index contributed by atoms with van der Waals surface area (Å²) in [5.41, 5.74) is 2.69. The molecule has 0 bridgehead atoms. The van der Waals surface area contributed by atoms with Crippen LogP contribution in [0, 0.1) is 11.8 Å². The minimum atomic E-state index is 0.0294. The summed E-state index contributed by atoms with van der Waals surface area (Å²) in [5, 5.41) is 0. The van der Waals surface area contributed by atoms with Crippen LogP contribution in [0.1, 0.15) is 38.8 Å². The lowest BCUT2D eigenvalue weighted by atomic mass is 9.91. The molecule has 0 aromatic heterocycles. The zero-order valence-corrected chi connectivity index (χ0v) is 22.5. The zero-order chi connectivity index (χ0) is 26.6. The Hall–Kier alpha value is -3.82. The monoisotopic (exact) mass is 524 g/mol. The molecule has 0 N–H and O–H groups in total. The average Bonchev–Trinajstić information content (AvgIpc) is 3.72. The Morgan fingerprint density at radius 1 is 0.658 bits per heavy atom. The van der Waals surface area contributed by atoms with Gasteiger partial charge in [-0.15, -0.1) is 0 Å². The fraction of sp³-hybridized carbons (Fsp3) is 0.500. The third-order valence-corrected chi connectivity index (χ3v) is 7.25. The highest BCUT2D eigenvalue weighted by atomic mass is 16.7. The highest BCUT2D eigenvalue weighted by Crippen LogP contribution is 2.56. The summed E-state index contributed by atoms with van der Waals surface area (Å²) < 4.78 is 47.5. The van der Waals surface area contributed by atoms with Crippen molar-refractivity contribution in [1.29, 1.82) is 0 Å². The SMILES string of the molecule is COc1c2c(cc(C3=N[C@@H](C(C)C)CO3)c1-c1c(C3=N[C@@H](C(C)C)CO3)cc3c(c1OC)OCO3)OCO2. The Morgan fingerprint density at radius 3 is 1.42 bits per heavy atom. The van der Waals surface area contributed by atoms with E-state index in [1.165, 1.54) is 0 Å². The van der Waals surface area contributed by atoms with Crippen LogP contribution in [0.4, 0.5) is 0 Å². The number of hydrogen-bond acceptors (Lipinski definition) is 10. The summed E-state index contributed by atoms with van der Waals surface area (Å²) in [5.74, 6) is 4.64. The molecule has 38 heavy (non-hydrogen) atoms. The van der Waals surface area contributed by atoms with E-state index in [0.29, 0.717) is 93.6 Å². The predicted octanol–water partition coefficient (Wildman–Crippen LogP) is 4.43. The number of methoxy groups -OCH3 is 2. The first kappa shape index (κ1) is 24.5. The molecule has 0 spiro atoms. The fourth-order valence-electron chi connectivity index (χ4n) is 5.00. The van der Waals surface area contributed by atoms with Crippen LogP contribution in [0.25, 0.3) is 11.1 Å². The van der Waals surface area contributed by atoms with Gasteiger partial charge in [-0.2, -0.15) is 0 Å². The number of fused-ring (bicyclic) bond motifs is 2. The largest absolute Gasteiger partial charge is 0.492 e. The van der Waals surface area contributed by atoms with E-state index < -0.39 is 0 Å². The average molecular weight is 525 g/mol. The second-order valence-electron chi connectivity index (χ2n) is 10.2. The van der Waals surface area contributed by atoms with Crippen molar-refractivity contribution in [2.45, 2.75) is 39.8 Å². The minimum absolute atomic E-state index is 0.0294. The van der Waals surface area contributed by atoms with Gasteiger partial charge in [0.25, 0.3) is 0 Å². The van der Waals surface area contributed by atoms with Gasteiger partial charge in [0.15, 0.2) is 23.0 Å². The van der Waals surface area contributed by atoms with E-state index in [1.807, 2.05) is 12.1 Å². The molecule has 0 fully saturated rings. The van der Waals surface area contributed by atoms with Crippen molar-refractivity contribution < 1.29 is 37.9 Å². The van der Waals surface area contributed by atoms with Crippen LogP contribution in [0.2, 0.25) is 0 Å². The Balaban J connectivity index is 1.67. The van der Waals surface area contributed by atoms with Crippen LogP contribution in [0.5, 0.6) is 34.5 Å². The fourth-order valence-corrected chi connectivity index (χ4v) is 5.00. The number of nitrogens with zero attached hydrogens (tertiary/aromatic N) is 2. The maximum Gasteiger partial charge on any atom is 0.231 e. The molecule has 6 rings (SSSR count). The molecule has 2 atom stereocenters. The smallest absolute Gasteiger partial charge is 0.231 e. The van der Waals surface area contributed by atoms with Gasteiger partial charge in [-0.1, -0.05) is 27.7 Å². The molecule has 202 valence electrons. The topological polar surface area (TPSA) is 98.6 Å². The summed E-state index contributed by atoms with van der Waals surface area (Å²) in [6.45, 7) is 9.63. The van der Waals surface area contributed by atoms with Crippen molar-refractivity contribution in [3.63, 3.8) is 0 Å². The molecule has 10 nitrogen and oxygen atoms in total. The molecule has 4 aliphatic rings. The zero-order valence-electron chi connectivity index (χ0n) is 22.5. The molecule has 2 aromatic carbocycles. The quantitative estimate of drug-likeness (QED) is 0.525. The highest BCUT2D eigenvalue weighted by molar-refractivity contribution is 6.11. The van der Waals surface area contributed by atoms with Gasteiger partial charge in [-0.3, -0.25) is 0 Å². The number of hydrogen-bond donors (Lipinski definition) is 0. The molecule has 0 amide bonds. The molecule has 0 radical (unpaired) electrons. The maximum atomic E-state index is 6.15. The Morgan fingerprint density at radius 2 is 1.08 bits per heavy atom. The van der Waals surface area contributed by atoms with Crippen molar-refractivity contribution in [2.24, 2.45) is 21.8 Å². The summed E-state index contributed by atoms with van der Waals surface area (Å²) in [6.07, 6.45) is 0. The van der Waals surface area contributed by atoms with Crippen molar-refractivity contribution >= 4 is 11.8 Å².